The Kier molecular flexibility index (Phi) is 3.65. The van der Waals surface area contributed by atoms with Crippen molar-refractivity contribution >= 4 is 13.4 Å². The molecule has 4 heteroatoms. The predicted octanol–water partition coefficient (Wildman–Crippen LogP) is 1.35. The zero-order chi connectivity index (χ0) is 11.5. The molecule has 0 radical (unpaired) electrons. The maximum atomic E-state index is 9.90. The summed E-state index contributed by atoms with van der Waals surface area (Å²) in [7, 11) is -0.191. The number of pyridine rings is 1. The molecule has 0 saturated carbocycles. The van der Waals surface area contributed by atoms with E-state index in [1.807, 2.05) is 18.2 Å². The summed E-state index contributed by atoms with van der Waals surface area (Å²) in [4.78, 5) is 4.36. The van der Waals surface area contributed by atoms with Crippen LogP contribution in [0.1, 0.15) is 6.92 Å². The third kappa shape index (κ3) is 3.41. The van der Waals surface area contributed by atoms with Crippen LogP contribution in [0.25, 0.3) is 0 Å². The Morgan fingerprint density at radius 3 is 2.60 bits per heavy atom. The van der Waals surface area contributed by atoms with Crippen LogP contribution in [0.4, 0.5) is 0 Å². The zero-order valence-electron chi connectivity index (χ0n) is 9.82. The number of aliphatic hydroxyl groups is 1. The Balaban J connectivity index is 2.85. The van der Waals surface area contributed by atoms with E-state index in [0.717, 1.165) is 5.32 Å². The minimum Gasteiger partial charge on any atom is -0.366 e. The summed E-state index contributed by atoms with van der Waals surface area (Å²) >= 11 is 0. The lowest BCUT2D eigenvalue weighted by Crippen LogP contribution is -2.49. The van der Waals surface area contributed by atoms with Gasteiger partial charge in [-0.25, -0.2) is 0 Å². The van der Waals surface area contributed by atoms with Gasteiger partial charge in [-0.2, -0.15) is 0 Å². The molecule has 0 aromatic carbocycles. The maximum absolute atomic E-state index is 9.90. The van der Waals surface area contributed by atoms with Crippen molar-refractivity contribution in [2.45, 2.75) is 31.8 Å². The number of aromatic nitrogens is 1. The van der Waals surface area contributed by atoms with Gasteiger partial charge in [-0.15, -0.1) is 0 Å². The van der Waals surface area contributed by atoms with Crippen molar-refractivity contribution in [1.29, 1.82) is 0 Å². The maximum Gasteiger partial charge on any atom is 0.160 e. The van der Waals surface area contributed by atoms with Crippen LogP contribution in [-0.2, 0) is 4.74 Å². The number of hydrogen-bond donors (Lipinski definition) is 1. The average Bonchev–Trinajstić information content (AvgIpc) is 2.18. The second-order valence-electron chi connectivity index (χ2n) is 4.65. The first-order chi connectivity index (χ1) is 6.87. The van der Waals surface area contributed by atoms with E-state index in [2.05, 4.69) is 18.1 Å². The van der Waals surface area contributed by atoms with Gasteiger partial charge >= 0.3 is 0 Å². The van der Waals surface area contributed by atoms with Gasteiger partial charge in [0.05, 0.1) is 0 Å². The van der Waals surface area contributed by atoms with E-state index in [1.54, 1.807) is 13.1 Å². The molecule has 0 amide bonds. The zero-order valence-corrected chi connectivity index (χ0v) is 10.8. The number of hydrogen-bond acceptors (Lipinski definition) is 3. The van der Waals surface area contributed by atoms with Gasteiger partial charge in [0.2, 0.25) is 0 Å². The highest BCUT2D eigenvalue weighted by Crippen LogP contribution is 2.20. The third-order valence-electron chi connectivity index (χ3n) is 2.57. The molecular formula is C11H19NO2Si. The van der Waals surface area contributed by atoms with Crippen LogP contribution in [0.3, 0.4) is 0 Å². The highest BCUT2D eigenvalue weighted by Gasteiger charge is 2.34. The molecule has 0 aliphatic carbocycles. The molecule has 1 aromatic rings. The molecule has 1 N–H and O–H groups in total. The van der Waals surface area contributed by atoms with Crippen molar-refractivity contribution in [2.24, 2.45) is 0 Å². The van der Waals surface area contributed by atoms with Gasteiger partial charge in [-0.1, -0.05) is 19.2 Å². The molecule has 0 saturated heterocycles. The van der Waals surface area contributed by atoms with Gasteiger partial charge in [0, 0.05) is 24.7 Å². The van der Waals surface area contributed by atoms with Crippen LogP contribution < -0.4 is 5.32 Å². The largest absolute Gasteiger partial charge is 0.366 e. The molecule has 1 heterocycles. The van der Waals surface area contributed by atoms with Gasteiger partial charge in [0.15, 0.2) is 5.79 Å². The number of methoxy groups -OCH3 is 1. The Labute approximate surface area is 92.1 Å². The van der Waals surface area contributed by atoms with Gasteiger partial charge in [0.1, 0.15) is 8.07 Å². The normalized spacial score (nSPS) is 16.1. The van der Waals surface area contributed by atoms with Crippen LogP contribution in [0.15, 0.2) is 24.4 Å². The quantitative estimate of drug-likeness (QED) is 0.621. The SMILES string of the molecule is COC(C)(O)C[Si](C)(C)c1ccccn1. The average molecular weight is 225 g/mol. The molecule has 0 aliphatic rings. The summed E-state index contributed by atoms with van der Waals surface area (Å²) in [5.41, 5.74) is 0. The number of nitrogens with zero attached hydrogens (tertiary/aromatic N) is 1. The molecule has 0 fully saturated rings. The molecule has 3 nitrogen and oxygen atoms in total. The Hall–Kier alpha value is -0.713. The smallest absolute Gasteiger partial charge is 0.160 e. The molecule has 0 bridgehead atoms. The summed E-state index contributed by atoms with van der Waals surface area (Å²) in [5.74, 6) is -1.05. The molecule has 15 heavy (non-hydrogen) atoms. The minimum atomic E-state index is -1.72. The summed E-state index contributed by atoms with van der Waals surface area (Å²) in [6.45, 7) is 6.07. The van der Waals surface area contributed by atoms with Gasteiger partial charge in [-0.05, 0) is 19.1 Å². The first kappa shape index (κ1) is 12.4. The van der Waals surface area contributed by atoms with E-state index in [-0.39, 0.29) is 0 Å². The fraction of sp³-hybridized carbons (Fsp3) is 0.545. The molecule has 0 aliphatic heterocycles. The van der Waals surface area contributed by atoms with Crippen molar-refractivity contribution in [3.8, 4) is 0 Å². The first-order valence-electron chi connectivity index (χ1n) is 5.06. The van der Waals surface area contributed by atoms with Gasteiger partial charge in [-0.3, -0.25) is 4.98 Å². The fourth-order valence-corrected chi connectivity index (χ4v) is 4.68. The molecule has 1 atom stereocenters. The lowest BCUT2D eigenvalue weighted by molar-refractivity contribution is -0.155. The molecule has 1 rings (SSSR count). The monoisotopic (exact) mass is 225 g/mol. The fourth-order valence-electron chi connectivity index (χ4n) is 1.75. The van der Waals surface area contributed by atoms with E-state index in [0.29, 0.717) is 6.04 Å². The third-order valence-corrected chi connectivity index (χ3v) is 5.79. The molecule has 1 unspecified atom stereocenters. The van der Waals surface area contributed by atoms with Crippen LogP contribution in [0.5, 0.6) is 0 Å². The molecule has 0 spiro atoms. The first-order valence-corrected chi connectivity index (χ1v) is 8.27. The summed E-state index contributed by atoms with van der Waals surface area (Å²) in [5, 5.41) is 11.0. The highest BCUT2D eigenvalue weighted by atomic mass is 28.3. The second-order valence-corrected chi connectivity index (χ2v) is 9.29. The van der Waals surface area contributed by atoms with E-state index < -0.39 is 13.9 Å². The molecule has 1 aromatic heterocycles. The van der Waals surface area contributed by atoms with Crippen LogP contribution >= 0.6 is 0 Å². The van der Waals surface area contributed by atoms with Crippen LogP contribution in [-0.4, -0.2) is 31.1 Å². The number of ether oxygens (including phenoxy) is 1. The summed E-state index contributed by atoms with van der Waals surface area (Å²) in [6.07, 6.45) is 1.80. The highest BCUT2D eigenvalue weighted by molar-refractivity contribution is 6.89. The predicted molar refractivity (Wildman–Crippen MR) is 63.8 cm³/mol. The summed E-state index contributed by atoms with van der Waals surface area (Å²) < 4.78 is 5.06. The lowest BCUT2D eigenvalue weighted by Gasteiger charge is -2.30. The van der Waals surface area contributed by atoms with E-state index >= 15 is 0 Å². The lowest BCUT2D eigenvalue weighted by atomic mass is 10.4. The molecular weight excluding hydrogens is 206 g/mol. The topological polar surface area (TPSA) is 42.4 Å². The Morgan fingerprint density at radius 2 is 2.13 bits per heavy atom. The van der Waals surface area contributed by atoms with Crippen LogP contribution in [0.2, 0.25) is 19.1 Å². The second kappa shape index (κ2) is 4.43. The van der Waals surface area contributed by atoms with Crippen molar-refractivity contribution in [3.05, 3.63) is 24.4 Å². The molecule has 84 valence electrons. The standard InChI is InChI=1S/C11H19NO2Si/c1-11(13,14-2)9-15(3,4)10-7-5-6-8-12-10/h5-8,13H,9H2,1-4H3. The van der Waals surface area contributed by atoms with E-state index in [1.165, 1.54) is 7.11 Å². The van der Waals surface area contributed by atoms with E-state index in [4.69, 9.17) is 4.74 Å². The van der Waals surface area contributed by atoms with Crippen molar-refractivity contribution < 1.29 is 9.84 Å². The van der Waals surface area contributed by atoms with Gasteiger partial charge in [0.25, 0.3) is 0 Å². The van der Waals surface area contributed by atoms with Crippen molar-refractivity contribution in [1.82, 2.24) is 4.98 Å². The Morgan fingerprint density at radius 1 is 1.47 bits per heavy atom. The minimum absolute atomic E-state index is 0.646. The summed E-state index contributed by atoms with van der Waals surface area (Å²) in [6, 6.07) is 6.56. The van der Waals surface area contributed by atoms with Crippen LogP contribution in [0, 0.1) is 0 Å². The van der Waals surface area contributed by atoms with Gasteiger partial charge < -0.3 is 9.84 Å². The van der Waals surface area contributed by atoms with E-state index in [9.17, 15) is 5.11 Å². The van der Waals surface area contributed by atoms with Crippen molar-refractivity contribution in [2.75, 3.05) is 7.11 Å². The Bertz CT molecular complexity index is 312. The number of rotatable bonds is 4. The van der Waals surface area contributed by atoms with Crippen molar-refractivity contribution in [3.63, 3.8) is 0 Å².